The van der Waals surface area contributed by atoms with E-state index in [1.165, 1.54) is 0 Å². The molecule has 0 saturated carbocycles. The summed E-state index contributed by atoms with van der Waals surface area (Å²) in [6, 6.07) is 2.97. The van der Waals surface area contributed by atoms with Crippen LogP contribution in [0.3, 0.4) is 0 Å². The quantitative estimate of drug-likeness (QED) is 0.198. The molecule has 142 valence electrons. The molecule has 0 aliphatic carbocycles. The molecule has 0 spiro atoms. The van der Waals surface area contributed by atoms with E-state index in [2.05, 4.69) is 15.2 Å². The van der Waals surface area contributed by atoms with Gasteiger partial charge in [-0.25, -0.2) is 22.0 Å². The molecule has 0 radical (unpaired) electrons. The average molecular weight is 407 g/mol. The number of aromatic hydroxyl groups is 1. The van der Waals surface area contributed by atoms with Crippen molar-refractivity contribution in [3.63, 3.8) is 0 Å². The molecule has 0 saturated heterocycles. The van der Waals surface area contributed by atoms with Gasteiger partial charge in [-0.15, -0.1) is 10.2 Å². The van der Waals surface area contributed by atoms with Crippen LogP contribution >= 0.6 is 0 Å². The minimum atomic E-state index is -4.63. The summed E-state index contributed by atoms with van der Waals surface area (Å²) in [6.45, 7) is 0. The first-order valence-corrected chi connectivity index (χ1v) is 8.21. The number of rotatable bonds is 3. The molecule has 1 aromatic heterocycles. The van der Waals surface area contributed by atoms with E-state index in [0.717, 1.165) is 18.2 Å². The smallest absolute Gasteiger partial charge is 0.294 e. The average Bonchev–Trinajstić information content (AvgIpc) is 2.92. The molecule has 3 aromatic rings. The normalized spacial score (nSPS) is 12.4. The van der Waals surface area contributed by atoms with Gasteiger partial charge in [0.1, 0.15) is 0 Å². The maximum atomic E-state index is 13.6. The van der Waals surface area contributed by atoms with Gasteiger partial charge in [-0.3, -0.25) is 4.55 Å². The van der Waals surface area contributed by atoms with Crippen LogP contribution in [0.1, 0.15) is 0 Å². The standard InChI is InChI=1S/C14H6F5N3O4S/c15-7-8(16)10(18)13(11(19)9(7)17)22-21-12-5-3-4(27(24,25)26)1-2-6(5)20-14(12)23/h1-3,20,23H,(H,24,25,26). The van der Waals surface area contributed by atoms with E-state index >= 15 is 0 Å². The van der Waals surface area contributed by atoms with Gasteiger partial charge in [0.25, 0.3) is 10.1 Å². The number of hydrogen-bond donors (Lipinski definition) is 3. The molecule has 2 aromatic carbocycles. The minimum absolute atomic E-state index is 0.0891. The monoisotopic (exact) mass is 407 g/mol. The van der Waals surface area contributed by atoms with Crippen molar-refractivity contribution in [3.8, 4) is 5.88 Å². The van der Waals surface area contributed by atoms with E-state index in [1.807, 2.05) is 0 Å². The molecular formula is C14H6F5N3O4S. The molecule has 3 rings (SSSR count). The largest absolute Gasteiger partial charge is 0.493 e. The zero-order valence-corrected chi connectivity index (χ0v) is 13.5. The van der Waals surface area contributed by atoms with Crippen molar-refractivity contribution in [2.45, 2.75) is 4.90 Å². The lowest BCUT2D eigenvalue weighted by molar-refractivity contribution is 0.380. The molecule has 0 amide bonds. The van der Waals surface area contributed by atoms with Gasteiger partial charge in [-0.05, 0) is 18.2 Å². The van der Waals surface area contributed by atoms with Crippen molar-refractivity contribution in [1.82, 2.24) is 4.98 Å². The van der Waals surface area contributed by atoms with Crippen LogP contribution in [0.25, 0.3) is 10.9 Å². The van der Waals surface area contributed by atoms with Gasteiger partial charge in [0.2, 0.25) is 11.7 Å². The van der Waals surface area contributed by atoms with E-state index in [9.17, 15) is 35.5 Å². The number of benzene rings is 2. The zero-order chi connectivity index (χ0) is 20.1. The second kappa shape index (κ2) is 6.28. The van der Waals surface area contributed by atoms with Gasteiger partial charge >= 0.3 is 0 Å². The van der Waals surface area contributed by atoms with Gasteiger partial charge in [0, 0.05) is 5.39 Å². The van der Waals surface area contributed by atoms with Crippen LogP contribution < -0.4 is 0 Å². The number of aromatic nitrogens is 1. The van der Waals surface area contributed by atoms with E-state index in [4.69, 9.17) is 4.55 Å². The lowest BCUT2D eigenvalue weighted by Gasteiger charge is -2.02. The summed E-state index contributed by atoms with van der Waals surface area (Å²) in [6.07, 6.45) is 0. The van der Waals surface area contributed by atoms with Gasteiger partial charge in [-0.2, -0.15) is 8.42 Å². The maximum Gasteiger partial charge on any atom is 0.294 e. The molecule has 0 fully saturated rings. The Morgan fingerprint density at radius 1 is 0.852 bits per heavy atom. The first-order chi connectivity index (χ1) is 12.5. The summed E-state index contributed by atoms with van der Waals surface area (Å²) in [5.74, 6) is -12.1. The van der Waals surface area contributed by atoms with Crippen LogP contribution in [0.2, 0.25) is 0 Å². The third kappa shape index (κ3) is 3.10. The number of nitrogens with one attached hydrogen (secondary N) is 1. The highest BCUT2D eigenvalue weighted by atomic mass is 32.2. The van der Waals surface area contributed by atoms with Crippen molar-refractivity contribution in [2.24, 2.45) is 10.2 Å². The van der Waals surface area contributed by atoms with Gasteiger partial charge in [0.15, 0.2) is 34.6 Å². The van der Waals surface area contributed by atoms with Gasteiger partial charge < -0.3 is 10.1 Å². The molecule has 7 nitrogen and oxygen atoms in total. The highest BCUT2D eigenvalue weighted by Crippen LogP contribution is 2.38. The van der Waals surface area contributed by atoms with Gasteiger partial charge in [0.05, 0.1) is 10.4 Å². The van der Waals surface area contributed by atoms with E-state index in [1.54, 1.807) is 0 Å². The predicted octanol–water partition coefficient (Wildman–Crippen LogP) is 4.23. The molecule has 0 bridgehead atoms. The molecule has 0 atom stereocenters. The Labute approximate surface area is 146 Å². The third-order valence-corrected chi connectivity index (χ3v) is 4.31. The fourth-order valence-electron chi connectivity index (χ4n) is 2.19. The van der Waals surface area contributed by atoms with Crippen LogP contribution in [0.4, 0.5) is 33.3 Å². The number of hydrogen-bond acceptors (Lipinski definition) is 5. The summed E-state index contributed by atoms with van der Waals surface area (Å²) in [7, 11) is -4.63. The first-order valence-electron chi connectivity index (χ1n) is 6.77. The SMILES string of the molecule is O=S(=O)(O)c1ccc2[nH]c(O)c(N=Nc3c(F)c(F)c(F)c(F)c3F)c2c1. The van der Waals surface area contributed by atoms with Crippen LogP contribution in [0.5, 0.6) is 5.88 Å². The van der Waals surface area contributed by atoms with Crippen LogP contribution in [-0.4, -0.2) is 23.1 Å². The van der Waals surface area contributed by atoms with Crippen LogP contribution in [-0.2, 0) is 10.1 Å². The Morgan fingerprint density at radius 2 is 1.37 bits per heavy atom. The topological polar surface area (TPSA) is 115 Å². The molecule has 1 heterocycles. The fraction of sp³-hybridized carbons (Fsp3) is 0. The number of nitrogens with zero attached hydrogens (tertiary/aromatic N) is 2. The number of azo groups is 1. The fourth-order valence-corrected chi connectivity index (χ4v) is 2.69. The number of aromatic amines is 1. The Bertz CT molecular complexity index is 1190. The first kappa shape index (κ1) is 18.7. The Balaban J connectivity index is 2.19. The summed E-state index contributed by atoms with van der Waals surface area (Å²) in [5.41, 5.74) is -2.07. The molecule has 3 N–H and O–H groups in total. The van der Waals surface area contributed by atoms with Crippen molar-refractivity contribution < 1.29 is 40.0 Å². The molecule has 13 heteroatoms. The second-order valence-electron chi connectivity index (χ2n) is 5.12. The summed E-state index contributed by atoms with van der Waals surface area (Å²) < 4.78 is 98.0. The van der Waals surface area contributed by atoms with Crippen LogP contribution in [0, 0.1) is 29.1 Å². The van der Waals surface area contributed by atoms with Crippen molar-refractivity contribution in [2.75, 3.05) is 0 Å². The molecule has 27 heavy (non-hydrogen) atoms. The predicted molar refractivity (Wildman–Crippen MR) is 80.2 cm³/mol. The summed E-state index contributed by atoms with van der Waals surface area (Å²) in [4.78, 5) is 1.74. The molecule has 0 aliphatic rings. The highest BCUT2D eigenvalue weighted by molar-refractivity contribution is 7.85. The Morgan fingerprint density at radius 3 is 1.93 bits per heavy atom. The number of fused-ring (bicyclic) bond motifs is 1. The summed E-state index contributed by atoms with van der Waals surface area (Å²) >= 11 is 0. The zero-order valence-electron chi connectivity index (χ0n) is 12.6. The number of H-pyrrole nitrogens is 1. The Kier molecular flexibility index (Phi) is 4.35. The third-order valence-electron chi connectivity index (χ3n) is 3.46. The minimum Gasteiger partial charge on any atom is -0.493 e. The van der Waals surface area contributed by atoms with Gasteiger partial charge in [-0.1, -0.05) is 0 Å². The molecule has 0 unspecified atom stereocenters. The molecule has 0 aliphatic heterocycles. The Hall–Kier alpha value is -3.06. The van der Waals surface area contributed by atoms with Crippen LogP contribution in [0.15, 0.2) is 33.3 Å². The molecular weight excluding hydrogens is 401 g/mol. The number of halogens is 5. The maximum absolute atomic E-state index is 13.6. The van der Waals surface area contributed by atoms with E-state index < -0.39 is 61.4 Å². The summed E-state index contributed by atoms with van der Waals surface area (Å²) in [5, 5.41) is 15.8. The second-order valence-corrected chi connectivity index (χ2v) is 6.54. The lowest BCUT2D eigenvalue weighted by atomic mass is 10.2. The van der Waals surface area contributed by atoms with E-state index in [0.29, 0.717) is 0 Å². The van der Waals surface area contributed by atoms with Crippen molar-refractivity contribution in [1.29, 1.82) is 0 Å². The van der Waals surface area contributed by atoms with Crippen molar-refractivity contribution >= 4 is 32.4 Å². The van der Waals surface area contributed by atoms with E-state index in [-0.39, 0.29) is 10.9 Å². The highest BCUT2D eigenvalue weighted by Gasteiger charge is 2.26. The lowest BCUT2D eigenvalue weighted by Crippen LogP contribution is -2.00. The van der Waals surface area contributed by atoms with Crippen molar-refractivity contribution in [3.05, 3.63) is 47.3 Å².